The fourth-order valence-electron chi connectivity index (χ4n) is 0.780. The van der Waals surface area contributed by atoms with Gasteiger partial charge in [0.15, 0.2) is 0 Å². The van der Waals surface area contributed by atoms with Gasteiger partial charge in [0.2, 0.25) is 0 Å². The van der Waals surface area contributed by atoms with Crippen molar-refractivity contribution in [1.82, 2.24) is 0 Å². The van der Waals surface area contributed by atoms with Gasteiger partial charge in [-0.1, -0.05) is 12.2 Å². The highest BCUT2D eigenvalue weighted by molar-refractivity contribution is 4.70. The van der Waals surface area contributed by atoms with Gasteiger partial charge in [-0.05, 0) is 6.42 Å². The zero-order chi connectivity index (χ0) is 12.1. The first-order chi connectivity index (χ1) is 7.85. The summed E-state index contributed by atoms with van der Waals surface area (Å²) in [4.78, 5) is 0. The first kappa shape index (κ1) is 15.3. The second-order valence-electron chi connectivity index (χ2n) is 3.22. The highest BCUT2D eigenvalue weighted by Gasteiger charge is 2.21. The number of hydrogen-bond donors (Lipinski definition) is 1. The van der Waals surface area contributed by atoms with Gasteiger partial charge >= 0.3 is 0 Å². The molecule has 1 atom stereocenters. The highest BCUT2D eigenvalue weighted by atomic mass is 16.6. The lowest BCUT2D eigenvalue weighted by molar-refractivity contribution is 0.139. The molecule has 1 fully saturated rings. The van der Waals surface area contributed by atoms with E-state index in [4.69, 9.17) is 19.3 Å². The Kier molecular flexibility index (Phi) is 11.9. The standard InChI is InChI=1S/C6H10O2.C6H12O2/c1-2-3-7-4-6-5-8-6;1-2-5-8-6-3-4-7/h2,6H,1,3-5H2;2,7H,1,3-6H2. The fourth-order valence-corrected chi connectivity index (χ4v) is 0.780. The predicted octanol–water partition coefficient (Wildman–Crippen LogP) is 1.16. The number of ether oxygens (including phenoxy) is 3. The summed E-state index contributed by atoms with van der Waals surface area (Å²) in [6.45, 7) is 10.6. The van der Waals surface area contributed by atoms with Crippen LogP contribution in [0.15, 0.2) is 25.3 Å². The van der Waals surface area contributed by atoms with E-state index in [-0.39, 0.29) is 6.61 Å². The lowest BCUT2D eigenvalue weighted by Crippen LogP contribution is -2.00. The van der Waals surface area contributed by atoms with Gasteiger partial charge in [-0.15, -0.1) is 13.2 Å². The van der Waals surface area contributed by atoms with Crippen molar-refractivity contribution < 1.29 is 19.3 Å². The number of epoxide rings is 1. The summed E-state index contributed by atoms with van der Waals surface area (Å²) in [5.74, 6) is 0. The van der Waals surface area contributed by atoms with E-state index in [0.29, 0.717) is 32.3 Å². The average Bonchev–Trinajstić information content (AvgIpc) is 3.10. The molecule has 1 heterocycles. The molecule has 0 aromatic carbocycles. The van der Waals surface area contributed by atoms with Crippen molar-refractivity contribution in [3.63, 3.8) is 0 Å². The van der Waals surface area contributed by atoms with E-state index >= 15 is 0 Å². The number of hydrogen-bond acceptors (Lipinski definition) is 4. The van der Waals surface area contributed by atoms with E-state index in [1.807, 2.05) is 0 Å². The molecule has 16 heavy (non-hydrogen) atoms. The van der Waals surface area contributed by atoms with Crippen LogP contribution in [0.4, 0.5) is 0 Å². The second-order valence-corrected chi connectivity index (χ2v) is 3.22. The van der Waals surface area contributed by atoms with Gasteiger partial charge in [-0.3, -0.25) is 0 Å². The number of rotatable bonds is 9. The van der Waals surface area contributed by atoms with E-state index in [2.05, 4.69) is 13.2 Å². The molecular formula is C12H22O4. The minimum Gasteiger partial charge on any atom is -0.396 e. The molecule has 4 nitrogen and oxygen atoms in total. The maximum Gasteiger partial charge on any atom is 0.104 e. The topological polar surface area (TPSA) is 51.2 Å². The first-order valence-corrected chi connectivity index (χ1v) is 5.44. The minimum atomic E-state index is 0.205. The van der Waals surface area contributed by atoms with Crippen LogP contribution < -0.4 is 0 Å². The summed E-state index contributed by atoms with van der Waals surface area (Å²) < 4.78 is 14.9. The molecule has 1 unspecified atom stereocenters. The van der Waals surface area contributed by atoms with Crippen molar-refractivity contribution in [3.05, 3.63) is 25.3 Å². The maximum atomic E-state index is 8.26. The Morgan fingerprint density at radius 3 is 2.38 bits per heavy atom. The molecule has 0 amide bonds. The van der Waals surface area contributed by atoms with E-state index in [0.717, 1.165) is 13.2 Å². The van der Waals surface area contributed by atoms with Gasteiger partial charge in [-0.2, -0.15) is 0 Å². The normalized spacial score (nSPS) is 17.2. The minimum absolute atomic E-state index is 0.205. The van der Waals surface area contributed by atoms with Gasteiger partial charge in [0, 0.05) is 13.2 Å². The zero-order valence-corrected chi connectivity index (χ0v) is 9.77. The van der Waals surface area contributed by atoms with E-state index in [1.165, 1.54) is 0 Å². The monoisotopic (exact) mass is 230 g/mol. The van der Waals surface area contributed by atoms with Crippen LogP contribution in [-0.4, -0.2) is 50.9 Å². The molecule has 1 saturated heterocycles. The lowest BCUT2D eigenvalue weighted by atomic mass is 10.5. The van der Waals surface area contributed by atoms with Crippen LogP contribution in [0.25, 0.3) is 0 Å². The largest absolute Gasteiger partial charge is 0.396 e. The van der Waals surface area contributed by atoms with Crippen molar-refractivity contribution >= 4 is 0 Å². The Hall–Kier alpha value is -0.680. The lowest BCUT2D eigenvalue weighted by Gasteiger charge is -1.95. The van der Waals surface area contributed by atoms with Crippen molar-refractivity contribution in [3.8, 4) is 0 Å². The summed E-state index contributed by atoms with van der Waals surface area (Å²) in [7, 11) is 0. The Bertz CT molecular complexity index is 166. The van der Waals surface area contributed by atoms with Crippen LogP contribution >= 0.6 is 0 Å². The molecule has 0 aliphatic carbocycles. The molecule has 0 radical (unpaired) electrons. The van der Waals surface area contributed by atoms with Crippen LogP contribution in [0.3, 0.4) is 0 Å². The van der Waals surface area contributed by atoms with E-state index in [9.17, 15) is 0 Å². The molecule has 0 aromatic rings. The number of aliphatic hydroxyl groups is 1. The number of aliphatic hydroxyl groups excluding tert-OH is 1. The molecule has 0 bridgehead atoms. The summed E-state index contributed by atoms with van der Waals surface area (Å²) in [5.41, 5.74) is 0. The summed E-state index contributed by atoms with van der Waals surface area (Å²) in [6.07, 6.45) is 4.53. The van der Waals surface area contributed by atoms with Gasteiger partial charge < -0.3 is 19.3 Å². The predicted molar refractivity (Wildman–Crippen MR) is 63.5 cm³/mol. The third-order valence-electron chi connectivity index (χ3n) is 1.62. The fraction of sp³-hybridized carbons (Fsp3) is 0.667. The molecule has 1 aliphatic rings. The zero-order valence-electron chi connectivity index (χ0n) is 9.77. The molecule has 1 N–H and O–H groups in total. The second kappa shape index (κ2) is 12.4. The molecule has 1 aliphatic heterocycles. The van der Waals surface area contributed by atoms with Gasteiger partial charge in [-0.25, -0.2) is 0 Å². The van der Waals surface area contributed by atoms with Crippen LogP contribution in [0, 0.1) is 0 Å². The van der Waals surface area contributed by atoms with Crippen molar-refractivity contribution in [2.24, 2.45) is 0 Å². The van der Waals surface area contributed by atoms with Gasteiger partial charge in [0.05, 0.1) is 26.4 Å². The molecule has 0 saturated carbocycles. The molecule has 94 valence electrons. The molecule has 0 aromatic heterocycles. The summed E-state index contributed by atoms with van der Waals surface area (Å²) in [5, 5.41) is 8.26. The van der Waals surface area contributed by atoms with E-state index < -0.39 is 0 Å². The molecule has 0 spiro atoms. The Balaban J connectivity index is 0.000000281. The first-order valence-electron chi connectivity index (χ1n) is 5.44. The molecule has 1 rings (SSSR count). The Labute approximate surface area is 97.5 Å². The van der Waals surface area contributed by atoms with Gasteiger partial charge in [0.1, 0.15) is 6.10 Å². The van der Waals surface area contributed by atoms with Crippen LogP contribution in [0.5, 0.6) is 0 Å². The van der Waals surface area contributed by atoms with Crippen LogP contribution in [0.1, 0.15) is 6.42 Å². The Morgan fingerprint density at radius 2 is 1.88 bits per heavy atom. The summed E-state index contributed by atoms with van der Waals surface area (Å²) in [6, 6.07) is 0. The average molecular weight is 230 g/mol. The Morgan fingerprint density at radius 1 is 1.25 bits per heavy atom. The van der Waals surface area contributed by atoms with Crippen molar-refractivity contribution in [2.75, 3.05) is 39.6 Å². The summed E-state index contributed by atoms with van der Waals surface area (Å²) >= 11 is 0. The third kappa shape index (κ3) is 13.3. The van der Waals surface area contributed by atoms with Crippen molar-refractivity contribution in [1.29, 1.82) is 0 Å². The molecular weight excluding hydrogens is 208 g/mol. The van der Waals surface area contributed by atoms with Gasteiger partial charge in [0.25, 0.3) is 0 Å². The van der Waals surface area contributed by atoms with Crippen LogP contribution in [-0.2, 0) is 14.2 Å². The smallest absolute Gasteiger partial charge is 0.104 e. The molecule has 4 heteroatoms. The SMILES string of the molecule is C=CCOCC1CO1.C=CCOCCCO. The van der Waals surface area contributed by atoms with E-state index in [1.54, 1.807) is 12.2 Å². The maximum absolute atomic E-state index is 8.26. The third-order valence-corrected chi connectivity index (χ3v) is 1.62. The highest BCUT2D eigenvalue weighted by Crippen LogP contribution is 2.07. The van der Waals surface area contributed by atoms with Crippen molar-refractivity contribution in [2.45, 2.75) is 12.5 Å². The quantitative estimate of drug-likeness (QED) is 0.367. The van der Waals surface area contributed by atoms with Crippen LogP contribution in [0.2, 0.25) is 0 Å².